The van der Waals surface area contributed by atoms with Crippen LogP contribution in [0.25, 0.3) is 0 Å². The normalized spacial score (nSPS) is 14.8. The van der Waals surface area contributed by atoms with Crippen LogP contribution in [0.2, 0.25) is 0 Å². The topological polar surface area (TPSA) is 222 Å². The number of hydrogen-bond acceptors (Lipinski definition) is 14. The Hall–Kier alpha value is -4.00. The van der Waals surface area contributed by atoms with E-state index < -0.39 is 60.2 Å². The maximum absolute atomic E-state index is 12.0. The fourth-order valence-electron chi connectivity index (χ4n) is 4.96. The quantitative estimate of drug-likeness (QED) is 0.0682. The number of imide groups is 2. The van der Waals surface area contributed by atoms with Gasteiger partial charge in [0.25, 0.3) is 23.6 Å². The van der Waals surface area contributed by atoms with E-state index in [1.165, 1.54) is 0 Å². The number of hydroxylamine groups is 4. The second-order valence-electron chi connectivity index (χ2n) is 11.6. The molecule has 0 aromatic heterocycles. The summed E-state index contributed by atoms with van der Waals surface area (Å²) in [5.41, 5.74) is -0.241. The molecule has 18 nitrogen and oxygen atoms in total. The van der Waals surface area contributed by atoms with Crippen LogP contribution in [-0.2, 0) is 67.0 Å². The summed E-state index contributed by atoms with van der Waals surface area (Å²) in [6.45, 7) is 3.02. The number of carbonyl (C=O) groups is 8. The first-order valence-electron chi connectivity index (χ1n) is 16.3. The van der Waals surface area contributed by atoms with Crippen LogP contribution in [0.1, 0.15) is 77.0 Å². The predicted molar refractivity (Wildman–Crippen MR) is 165 cm³/mol. The van der Waals surface area contributed by atoms with Gasteiger partial charge in [0, 0.05) is 79.4 Å². The van der Waals surface area contributed by atoms with Crippen molar-refractivity contribution in [2.75, 3.05) is 67.0 Å². The van der Waals surface area contributed by atoms with Crippen LogP contribution in [0.3, 0.4) is 0 Å². The van der Waals surface area contributed by atoms with Crippen LogP contribution < -0.4 is 10.6 Å². The summed E-state index contributed by atoms with van der Waals surface area (Å²) in [5.74, 6) is -5.67. The van der Waals surface area contributed by atoms with Gasteiger partial charge in [0.15, 0.2) is 0 Å². The monoisotopic (exact) mass is 700 g/mol. The minimum Gasteiger partial charge on any atom is -0.385 e. The minimum atomic E-state index is -1.01. The van der Waals surface area contributed by atoms with Crippen molar-refractivity contribution in [3.05, 3.63) is 0 Å². The minimum absolute atomic E-state index is 0.0289. The van der Waals surface area contributed by atoms with Crippen molar-refractivity contribution < 1.29 is 67.0 Å². The number of nitrogens with zero attached hydrogens (tertiary/aromatic N) is 2. The highest BCUT2D eigenvalue weighted by Gasteiger charge is 2.34. The average molecular weight is 701 g/mol. The number of rotatable bonds is 26. The third-order valence-corrected chi connectivity index (χ3v) is 7.69. The van der Waals surface area contributed by atoms with Gasteiger partial charge >= 0.3 is 11.9 Å². The fraction of sp³-hybridized carbons (Fsp3) is 0.742. The predicted octanol–water partition coefficient (Wildman–Crippen LogP) is -0.134. The lowest BCUT2D eigenvalue weighted by Gasteiger charge is -2.33. The van der Waals surface area contributed by atoms with Crippen molar-refractivity contribution in [3.63, 3.8) is 0 Å². The zero-order chi connectivity index (χ0) is 36.1. The van der Waals surface area contributed by atoms with E-state index in [4.69, 9.17) is 23.8 Å². The first kappa shape index (κ1) is 41.2. The maximum atomic E-state index is 12.0. The number of carbonyl (C=O) groups excluding carboxylic acids is 8. The molecule has 2 rings (SSSR count). The molecule has 0 saturated carbocycles. The number of amides is 6. The van der Waals surface area contributed by atoms with Crippen LogP contribution in [0, 0.1) is 5.41 Å². The number of ether oxygens (including phenoxy) is 4. The molecule has 276 valence electrons. The van der Waals surface area contributed by atoms with Gasteiger partial charge in [0.1, 0.15) is 12.8 Å². The Labute approximate surface area is 284 Å². The highest BCUT2D eigenvalue weighted by Crippen LogP contribution is 2.33. The third kappa shape index (κ3) is 15.8. The number of hydrogen-bond donors (Lipinski definition) is 2. The average Bonchev–Trinajstić information content (AvgIpc) is 3.55. The molecule has 2 aliphatic heterocycles. The zero-order valence-corrected chi connectivity index (χ0v) is 28.3. The summed E-state index contributed by atoms with van der Waals surface area (Å²) < 4.78 is 22.4. The lowest BCUT2D eigenvalue weighted by molar-refractivity contribution is -0.197. The van der Waals surface area contributed by atoms with E-state index in [0.717, 1.165) is 19.3 Å². The molecule has 0 bridgehead atoms. The summed E-state index contributed by atoms with van der Waals surface area (Å²) in [6.07, 6.45) is 2.77. The molecule has 0 radical (unpaired) electrons. The Morgan fingerprint density at radius 1 is 0.592 bits per heavy atom. The van der Waals surface area contributed by atoms with Gasteiger partial charge in [-0.15, -0.1) is 10.1 Å². The standard InChI is InChI=1S/C31H48N4O14/c1-44-17-11-31(12-18-45-2,10-5-16-46-19-14-33-24(37)21-30(43)49-35-27(40)8-9-28(35)41)22-47-15-4-3-13-32-23(36)20-29(42)48-34-25(38)6-7-26(34)39/h3-22H2,1-2H3,(H,32,36)(H,33,37). The molecule has 6 amide bonds. The van der Waals surface area contributed by atoms with Crippen LogP contribution in [-0.4, -0.2) is 124 Å². The maximum Gasteiger partial charge on any atom is 0.342 e. The molecule has 2 fully saturated rings. The Morgan fingerprint density at radius 3 is 1.55 bits per heavy atom. The molecule has 0 aromatic rings. The van der Waals surface area contributed by atoms with Crippen molar-refractivity contribution in [1.82, 2.24) is 20.8 Å². The highest BCUT2D eigenvalue weighted by atomic mass is 16.7. The number of nitrogens with one attached hydrogen (secondary N) is 2. The first-order chi connectivity index (χ1) is 23.5. The van der Waals surface area contributed by atoms with Crippen LogP contribution in [0.4, 0.5) is 0 Å². The summed E-state index contributed by atoms with van der Waals surface area (Å²) >= 11 is 0. The van der Waals surface area contributed by atoms with E-state index in [1.54, 1.807) is 14.2 Å². The molecule has 0 aromatic carbocycles. The molecular formula is C31H48N4O14. The van der Waals surface area contributed by atoms with E-state index in [0.29, 0.717) is 69.0 Å². The van der Waals surface area contributed by atoms with Crippen LogP contribution >= 0.6 is 0 Å². The molecule has 0 unspecified atom stereocenters. The van der Waals surface area contributed by atoms with Gasteiger partial charge in [0.2, 0.25) is 11.8 Å². The lowest BCUT2D eigenvalue weighted by Crippen LogP contribution is -2.35. The smallest absolute Gasteiger partial charge is 0.342 e. The SMILES string of the molecule is COCCC(CCCOCCNC(=O)CC(=O)ON1C(=O)CCC1=O)(CCOC)COCCCCNC(=O)CC(=O)ON1C(=O)CCC1=O. The summed E-state index contributed by atoms with van der Waals surface area (Å²) in [4.78, 5) is 103. The molecule has 49 heavy (non-hydrogen) atoms. The summed E-state index contributed by atoms with van der Waals surface area (Å²) in [5, 5.41) is 5.93. The Balaban J connectivity index is 1.62. The van der Waals surface area contributed by atoms with Gasteiger partial charge in [-0.2, -0.15) is 0 Å². The van der Waals surface area contributed by atoms with Crippen molar-refractivity contribution >= 4 is 47.4 Å². The van der Waals surface area contributed by atoms with Crippen molar-refractivity contribution in [1.29, 1.82) is 0 Å². The van der Waals surface area contributed by atoms with Crippen molar-refractivity contribution in [2.24, 2.45) is 5.41 Å². The number of unbranched alkanes of at least 4 members (excludes halogenated alkanes) is 1. The molecule has 2 saturated heterocycles. The second kappa shape index (κ2) is 22.6. The van der Waals surface area contributed by atoms with Gasteiger partial charge in [-0.25, -0.2) is 9.59 Å². The summed E-state index contributed by atoms with van der Waals surface area (Å²) in [6, 6.07) is 0. The third-order valence-electron chi connectivity index (χ3n) is 7.69. The highest BCUT2D eigenvalue weighted by molar-refractivity contribution is 6.03. The molecule has 0 atom stereocenters. The van der Waals surface area contributed by atoms with Gasteiger partial charge in [-0.1, -0.05) is 0 Å². The molecule has 0 aliphatic carbocycles. The molecule has 2 aliphatic rings. The van der Waals surface area contributed by atoms with Crippen LogP contribution in [0.5, 0.6) is 0 Å². The molecule has 2 N–H and O–H groups in total. The fourth-order valence-corrected chi connectivity index (χ4v) is 4.96. The number of methoxy groups -OCH3 is 2. The lowest BCUT2D eigenvalue weighted by atomic mass is 9.78. The van der Waals surface area contributed by atoms with Gasteiger partial charge in [-0.3, -0.25) is 28.8 Å². The van der Waals surface area contributed by atoms with E-state index in [2.05, 4.69) is 15.5 Å². The van der Waals surface area contributed by atoms with E-state index in [-0.39, 0.29) is 44.2 Å². The largest absolute Gasteiger partial charge is 0.385 e. The molecule has 18 heteroatoms. The first-order valence-corrected chi connectivity index (χ1v) is 16.3. The van der Waals surface area contributed by atoms with E-state index in [9.17, 15) is 38.4 Å². The van der Waals surface area contributed by atoms with Gasteiger partial charge < -0.3 is 39.3 Å². The zero-order valence-electron chi connectivity index (χ0n) is 28.3. The van der Waals surface area contributed by atoms with Crippen molar-refractivity contribution in [2.45, 2.75) is 77.0 Å². The van der Waals surface area contributed by atoms with Gasteiger partial charge in [0.05, 0.1) is 13.2 Å². The second-order valence-corrected chi connectivity index (χ2v) is 11.6. The molecular weight excluding hydrogens is 652 g/mol. The Bertz CT molecular complexity index is 1040. The molecule has 2 heterocycles. The Morgan fingerprint density at radius 2 is 1.06 bits per heavy atom. The van der Waals surface area contributed by atoms with Gasteiger partial charge in [-0.05, 0) is 43.9 Å². The summed E-state index contributed by atoms with van der Waals surface area (Å²) in [7, 11) is 3.26. The Kier molecular flexibility index (Phi) is 19.0. The molecule has 0 spiro atoms. The van der Waals surface area contributed by atoms with E-state index in [1.807, 2.05) is 0 Å². The van der Waals surface area contributed by atoms with Crippen molar-refractivity contribution in [3.8, 4) is 0 Å². The van der Waals surface area contributed by atoms with Crippen LogP contribution in [0.15, 0.2) is 0 Å². The van der Waals surface area contributed by atoms with E-state index >= 15 is 0 Å².